The molecule has 1 saturated heterocycles. The van der Waals surface area contributed by atoms with Crippen LogP contribution >= 0.6 is 0 Å². The molecule has 0 aliphatic carbocycles. The monoisotopic (exact) mass is 354 g/mol. The van der Waals surface area contributed by atoms with Crippen LogP contribution in [-0.4, -0.2) is 58.1 Å². The summed E-state index contributed by atoms with van der Waals surface area (Å²) < 4.78 is 41.8. The third-order valence-corrected chi connectivity index (χ3v) is 5.51. The second-order valence-corrected chi connectivity index (χ2v) is 7.13. The molecule has 1 fully saturated rings. The summed E-state index contributed by atoms with van der Waals surface area (Å²) in [5.74, 6) is -0.357. The summed E-state index contributed by atoms with van der Waals surface area (Å²) in [5.41, 5.74) is 0.469. The SMILES string of the molecule is O=C(Nc1ccc(S(=O)(=O)N2CCOCC2)cc1)C1=COCCO1. The first-order valence-electron chi connectivity index (χ1n) is 7.51. The van der Waals surface area contributed by atoms with Crippen LogP contribution in [0.1, 0.15) is 0 Å². The highest BCUT2D eigenvalue weighted by atomic mass is 32.2. The molecule has 0 saturated carbocycles. The molecule has 1 aromatic rings. The molecule has 1 amide bonds. The molecule has 2 heterocycles. The molecule has 8 nitrogen and oxygen atoms in total. The number of sulfonamides is 1. The third-order valence-electron chi connectivity index (χ3n) is 3.59. The summed E-state index contributed by atoms with van der Waals surface area (Å²) in [6.45, 7) is 2.19. The molecule has 2 aliphatic heterocycles. The Bertz CT molecular complexity index is 723. The van der Waals surface area contributed by atoms with Crippen molar-refractivity contribution in [3.63, 3.8) is 0 Å². The summed E-state index contributed by atoms with van der Waals surface area (Å²) >= 11 is 0. The molecule has 0 radical (unpaired) electrons. The van der Waals surface area contributed by atoms with Gasteiger partial charge in [0.2, 0.25) is 15.8 Å². The van der Waals surface area contributed by atoms with E-state index in [-0.39, 0.29) is 10.7 Å². The number of ether oxygens (including phenoxy) is 3. The molecule has 0 spiro atoms. The van der Waals surface area contributed by atoms with Crippen molar-refractivity contribution in [2.75, 3.05) is 44.8 Å². The number of hydrogen-bond acceptors (Lipinski definition) is 6. The van der Waals surface area contributed by atoms with Gasteiger partial charge < -0.3 is 19.5 Å². The fourth-order valence-electron chi connectivity index (χ4n) is 2.33. The van der Waals surface area contributed by atoms with Crippen molar-refractivity contribution in [2.45, 2.75) is 4.90 Å². The zero-order valence-electron chi connectivity index (χ0n) is 12.9. The van der Waals surface area contributed by atoms with Crippen molar-refractivity contribution in [3.8, 4) is 0 Å². The first-order valence-corrected chi connectivity index (χ1v) is 8.95. The fourth-order valence-corrected chi connectivity index (χ4v) is 3.73. The predicted octanol–water partition coefficient (Wildman–Crippen LogP) is 0.534. The highest BCUT2D eigenvalue weighted by molar-refractivity contribution is 7.89. The predicted molar refractivity (Wildman–Crippen MR) is 84.6 cm³/mol. The van der Waals surface area contributed by atoms with Crippen molar-refractivity contribution in [3.05, 3.63) is 36.3 Å². The Morgan fingerprint density at radius 1 is 1.04 bits per heavy atom. The molecule has 1 aromatic carbocycles. The molecule has 1 N–H and O–H groups in total. The lowest BCUT2D eigenvalue weighted by Gasteiger charge is -2.26. The largest absolute Gasteiger partial charge is 0.494 e. The van der Waals surface area contributed by atoms with Gasteiger partial charge in [-0.25, -0.2) is 8.42 Å². The Balaban J connectivity index is 1.68. The van der Waals surface area contributed by atoms with Crippen LogP contribution in [0.25, 0.3) is 0 Å². The molecule has 130 valence electrons. The average Bonchev–Trinajstić information content (AvgIpc) is 2.63. The minimum atomic E-state index is -3.54. The van der Waals surface area contributed by atoms with E-state index < -0.39 is 15.9 Å². The van der Waals surface area contributed by atoms with E-state index in [0.717, 1.165) is 0 Å². The van der Waals surface area contributed by atoms with Crippen LogP contribution in [0.4, 0.5) is 5.69 Å². The number of amides is 1. The van der Waals surface area contributed by atoms with Crippen LogP contribution in [0, 0.1) is 0 Å². The third kappa shape index (κ3) is 3.69. The van der Waals surface area contributed by atoms with E-state index in [0.29, 0.717) is 45.2 Å². The van der Waals surface area contributed by atoms with Crippen molar-refractivity contribution < 1.29 is 27.4 Å². The van der Waals surface area contributed by atoms with Crippen LogP contribution < -0.4 is 5.32 Å². The van der Waals surface area contributed by atoms with Gasteiger partial charge >= 0.3 is 0 Å². The number of anilines is 1. The topological polar surface area (TPSA) is 94.2 Å². The maximum absolute atomic E-state index is 12.5. The van der Waals surface area contributed by atoms with E-state index in [1.807, 2.05) is 0 Å². The molecule has 24 heavy (non-hydrogen) atoms. The molecule has 0 unspecified atom stereocenters. The number of hydrogen-bond donors (Lipinski definition) is 1. The van der Waals surface area contributed by atoms with E-state index in [2.05, 4.69) is 5.32 Å². The Morgan fingerprint density at radius 2 is 1.75 bits per heavy atom. The molecular formula is C15H18N2O6S. The van der Waals surface area contributed by atoms with Gasteiger partial charge in [-0.1, -0.05) is 0 Å². The zero-order chi connectivity index (χ0) is 17.0. The number of rotatable bonds is 4. The summed E-state index contributed by atoms with van der Waals surface area (Å²) in [6.07, 6.45) is 1.26. The number of carbonyl (C=O) groups excluding carboxylic acids is 1. The molecule has 2 aliphatic rings. The van der Waals surface area contributed by atoms with Gasteiger partial charge in [0.25, 0.3) is 5.91 Å². The number of benzene rings is 1. The summed E-state index contributed by atoms with van der Waals surface area (Å²) in [6, 6.07) is 6.00. The molecule has 3 rings (SSSR count). The van der Waals surface area contributed by atoms with E-state index in [4.69, 9.17) is 14.2 Å². The molecule has 0 bridgehead atoms. The Kier molecular flexibility index (Phi) is 5.03. The second kappa shape index (κ2) is 7.20. The van der Waals surface area contributed by atoms with E-state index >= 15 is 0 Å². The number of carbonyl (C=O) groups is 1. The summed E-state index contributed by atoms with van der Waals surface area (Å²) in [5, 5.41) is 2.63. The van der Waals surface area contributed by atoms with Crippen molar-refractivity contribution in [2.24, 2.45) is 0 Å². The zero-order valence-corrected chi connectivity index (χ0v) is 13.8. The lowest BCUT2D eigenvalue weighted by atomic mass is 10.3. The van der Waals surface area contributed by atoms with Crippen molar-refractivity contribution in [1.29, 1.82) is 0 Å². The maximum atomic E-state index is 12.5. The maximum Gasteiger partial charge on any atom is 0.294 e. The van der Waals surface area contributed by atoms with E-state index in [9.17, 15) is 13.2 Å². The van der Waals surface area contributed by atoms with Gasteiger partial charge in [0.15, 0.2) is 0 Å². The fraction of sp³-hybridized carbons (Fsp3) is 0.400. The first-order chi connectivity index (χ1) is 11.6. The summed E-state index contributed by atoms with van der Waals surface area (Å²) in [7, 11) is -3.54. The Hall–Kier alpha value is -2.10. The van der Waals surface area contributed by atoms with E-state index in [1.54, 1.807) is 0 Å². The van der Waals surface area contributed by atoms with Crippen LogP contribution in [0.3, 0.4) is 0 Å². The smallest absolute Gasteiger partial charge is 0.294 e. The molecule has 0 aromatic heterocycles. The highest BCUT2D eigenvalue weighted by Gasteiger charge is 2.26. The van der Waals surface area contributed by atoms with Gasteiger partial charge in [-0.15, -0.1) is 0 Å². The quantitative estimate of drug-likeness (QED) is 0.848. The van der Waals surface area contributed by atoms with Gasteiger partial charge in [0, 0.05) is 18.8 Å². The van der Waals surface area contributed by atoms with Crippen LogP contribution in [0.5, 0.6) is 0 Å². The Morgan fingerprint density at radius 3 is 2.38 bits per heavy atom. The van der Waals surface area contributed by atoms with Crippen LogP contribution in [-0.2, 0) is 29.0 Å². The molecule has 9 heteroatoms. The molecular weight excluding hydrogens is 336 g/mol. The second-order valence-electron chi connectivity index (χ2n) is 5.20. The average molecular weight is 354 g/mol. The first kappa shape index (κ1) is 16.7. The van der Waals surface area contributed by atoms with Gasteiger partial charge in [-0.2, -0.15) is 4.31 Å². The lowest BCUT2D eigenvalue weighted by molar-refractivity contribution is -0.117. The number of nitrogens with one attached hydrogen (secondary N) is 1. The number of nitrogens with zero attached hydrogens (tertiary/aromatic N) is 1. The minimum absolute atomic E-state index is 0.0891. The van der Waals surface area contributed by atoms with Crippen LogP contribution in [0.15, 0.2) is 41.2 Å². The number of morpholine rings is 1. The van der Waals surface area contributed by atoms with Crippen molar-refractivity contribution >= 4 is 21.6 Å². The lowest BCUT2D eigenvalue weighted by Crippen LogP contribution is -2.40. The minimum Gasteiger partial charge on any atom is -0.494 e. The van der Waals surface area contributed by atoms with Gasteiger partial charge in [0.1, 0.15) is 19.5 Å². The van der Waals surface area contributed by atoms with Gasteiger partial charge in [0.05, 0.1) is 18.1 Å². The highest BCUT2D eigenvalue weighted by Crippen LogP contribution is 2.20. The standard InChI is InChI=1S/C15H18N2O6S/c18-15(14-11-22-9-10-23-14)16-12-1-3-13(4-2-12)24(19,20)17-5-7-21-8-6-17/h1-4,11H,5-10H2,(H,16,18). The molecule has 0 atom stereocenters. The van der Waals surface area contributed by atoms with Gasteiger partial charge in [-0.3, -0.25) is 4.79 Å². The Labute approximate surface area is 140 Å². The summed E-state index contributed by atoms with van der Waals surface area (Å²) in [4.78, 5) is 12.2. The van der Waals surface area contributed by atoms with Gasteiger partial charge in [-0.05, 0) is 24.3 Å². The van der Waals surface area contributed by atoms with Crippen LogP contribution in [0.2, 0.25) is 0 Å². The van der Waals surface area contributed by atoms with Crippen molar-refractivity contribution in [1.82, 2.24) is 4.31 Å². The normalized spacial score (nSPS) is 18.9. The van der Waals surface area contributed by atoms with E-state index in [1.165, 1.54) is 34.8 Å².